The summed E-state index contributed by atoms with van der Waals surface area (Å²) in [6.45, 7) is 0.833. The van der Waals surface area contributed by atoms with Crippen LogP contribution in [0.25, 0.3) is 10.9 Å². The molecule has 1 aromatic heterocycles. The van der Waals surface area contributed by atoms with E-state index in [-0.39, 0.29) is 17.5 Å². The summed E-state index contributed by atoms with van der Waals surface area (Å²) in [5, 5.41) is 37.4. The summed E-state index contributed by atoms with van der Waals surface area (Å²) in [7, 11) is 6.33. The van der Waals surface area contributed by atoms with Crippen LogP contribution in [0.1, 0.15) is 27.2 Å². The number of nitrogens with one attached hydrogen (secondary N) is 2. The van der Waals surface area contributed by atoms with Crippen molar-refractivity contribution in [3.8, 4) is 5.75 Å². The van der Waals surface area contributed by atoms with Crippen molar-refractivity contribution in [2.24, 2.45) is 5.73 Å². The monoisotopic (exact) mass is 683 g/mol. The first kappa shape index (κ1) is 38.6. The number of phenolic OH excluding ortho intramolecular Hbond substituents is 1. The second-order valence-corrected chi connectivity index (χ2v) is 10.9. The molecule has 0 aliphatic rings. The van der Waals surface area contributed by atoms with Gasteiger partial charge >= 0.3 is 18.3 Å². The molecule has 0 saturated carbocycles. The van der Waals surface area contributed by atoms with Gasteiger partial charge in [-0.3, -0.25) is 14.7 Å². The van der Waals surface area contributed by atoms with E-state index in [1.54, 1.807) is 30.3 Å². The van der Waals surface area contributed by atoms with Crippen molar-refractivity contribution in [1.82, 2.24) is 14.4 Å². The molecular weight excluding hydrogens is 652 g/mol. The fourth-order valence-corrected chi connectivity index (χ4v) is 3.97. The van der Waals surface area contributed by atoms with Gasteiger partial charge in [-0.15, -0.1) is 0 Å². The molecule has 0 atom stereocenters. The van der Waals surface area contributed by atoms with Crippen LogP contribution in [0.4, 0.5) is 32.0 Å². The Morgan fingerprint density at radius 3 is 1.94 bits per heavy atom. The molecule has 48 heavy (non-hydrogen) atoms. The minimum absolute atomic E-state index is 0.00150. The lowest BCUT2D eigenvalue weighted by molar-refractivity contribution is -0.344. The molecule has 17 heteroatoms. The first-order valence-corrected chi connectivity index (χ1v) is 13.5. The van der Waals surface area contributed by atoms with E-state index in [1.807, 2.05) is 34.9 Å². The molecule has 1 heterocycles. The number of nitrogens with zero attached hydrogens (tertiary/aromatic N) is 2. The topological polar surface area (TPSA) is 182 Å². The van der Waals surface area contributed by atoms with Crippen LogP contribution in [0.15, 0.2) is 72.8 Å². The smallest absolute Gasteiger partial charge is 0.490 e. The van der Waals surface area contributed by atoms with Crippen LogP contribution in [0, 0.1) is 5.41 Å². The van der Waals surface area contributed by atoms with Gasteiger partial charge in [-0.25, -0.2) is 4.79 Å². The van der Waals surface area contributed by atoms with Gasteiger partial charge in [-0.05, 0) is 53.6 Å². The quantitative estimate of drug-likeness (QED) is 0.0852. The van der Waals surface area contributed by atoms with Crippen LogP contribution >= 0.6 is 0 Å². The molecule has 1 amide bonds. The number of fused-ring (bicyclic) bond motifs is 1. The number of carbonyl (C=O) groups excluding carboxylic acids is 2. The van der Waals surface area contributed by atoms with E-state index < -0.39 is 24.3 Å². The fraction of sp³-hybridized carbons (Fsp3) is 0.226. The van der Waals surface area contributed by atoms with Gasteiger partial charge in [-0.2, -0.15) is 26.3 Å². The fourth-order valence-electron chi connectivity index (χ4n) is 3.97. The molecule has 0 aliphatic heterocycles. The van der Waals surface area contributed by atoms with E-state index in [9.17, 15) is 36.2 Å². The number of hydrogen-bond donors (Lipinski definition) is 5. The zero-order valence-electron chi connectivity index (χ0n) is 25.6. The van der Waals surface area contributed by atoms with Crippen LogP contribution in [-0.2, 0) is 22.7 Å². The Morgan fingerprint density at radius 2 is 1.46 bits per heavy atom. The minimum Gasteiger partial charge on any atom is -0.542 e. The maximum absolute atomic E-state index is 13.2. The molecule has 0 aliphatic carbocycles. The Morgan fingerprint density at radius 1 is 0.896 bits per heavy atom. The normalized spacial score (nSPS) is 11.4. The molecule has 0 radical (unpaired) electrons. The van der Waals surface area contributed by atoms with Crippen LogP contribution < -0.4 is 20.6 Å². The van der Waals surface area contributed by atoms with E-state index in [2.05, 4.69) is 38.6 Å². The summed E-state index contributed by atoms with van der Waals surface area (Å²) in [5.74, 6) is -5.82. The Hall–Kier alpha value is -5.58. The second-order valence-electron chi connectivity index (χ2n) is 10.9. The molecular formula is C31H31F6N5O6. The van der Waals surface area contributed by atoms with E-state index in [0.717, 1.165) is 26.5 Å². The van der Waals surface area contributed by atoms with E-state index in [4.69, 9.17) is 30.9 Å². The van der Waals surface area contributed by atoms with Gasteiger partial charge in [0.1, 0.15) is 28.9 Å². The highest BCUT2D eigenvalue weighted by atomic mass is 19.4. The van der Waals surface area contributed by atoms with Gasteiger partial charge in [0.05, 0.1) is 21.1 Å². The third-order valence-electron chi connectivity index (χ3n) is 6.33. The zero-order valence-corrected chi connectivity index (χ0v) is 25.6. The predicted molar refractivity (Wildman–Crippen MR) is 162 cm³/mol. The summed E-state index contributed by atoms with van der Waals surface area (Å²) < 4.78 is 65.9. The maximum Gasteiger partial charge on any atom is 0.490 e. The number of nitrogens with two attached hydrogens (primary N) is 1. The number of quaternary nitrogens is 1. The van der Waals surface area contributed by atoms with Gasteiger partial charge in [0.2, 0.25) is 0 Å². The Balaban J connectivity index is 0.000000479. The molecule has 4 rings (SSSR count). The number of benzene rings is 3. The summed E-state index contributed by atoms with van der Waals surface area (Å²) in [6.07, 6.45) is -10.3. The first-order chi connectivity index (χ1) is 22.0. The lowest BCUT2D eigenvalue weighted by Crippen LogP contribution is -2.37. The first-order valence-electron chi connectivity index (χ1n) is 13.5. The largest absolute Gasteiger partial charge is 0.542 e. The highest BCUT2D eigenvalue weighted by Crippen LogP contribution is 2.26. The molecule has 11 nitrogen and oxygen atoms in total. The highest BCUT2D eigenvalue weighted by Gasteiger charge is 2.38. The molecule has 0 fully saturated rings. The van der Waals surface area contributed by atoms with Crippen LogP contribution in [-0.4, -0.2) is 72.0 Å². The number of alkyl halides is 6. The van der Waals surface area contributed by atoms with Gasteiger partial charge in [-0.1, -0.05) is 30.3 Å². The number of nitrogen functional groups attached to an aromatic ring is 1. The summed E-state index contributed by atoms with van der Waals surface area (Å²) >= 11 is 0. The van der Waals surface area contributed by atoms with E-state index >= 15 is 0 Å². The van der Waals surface area contributed by atoms with Crippen molar-refractivity contribution in [2.45, 2.75) is 25.4 Å². The molecule has 4 aromatic rings. The number of carbonyl (C=O) groups is 3. The van der Waals surface area contributed by atoms with Crippen LogP contribution in [0.2, 0.25) is 0 Å². The van der Waals surface area contributed by atoms with Crippen LogP contribution in [0.3, 0.4) is 0 Å². The van der Waals surface area contributed by atoms with Crippen molar-refractivity contribution in [2.75, 3.05) is 21.1 Å². The number of carboxylic acids is 2. The Kier molecular flexibility index (Phi) is 12.3. The lowest BCUT2D eigenvalue weighted by Gasteiger charge is -2.23. The molecule has 6 N–H and O–H groups in total. The number of hydrogen-bond acceptors (Lipinski definition) is 6. The average molecular weight is 684 g/mol. The van der Waals surface area contributed by atoms with E-state index in [1.165, 1.54) is 5.69 Å². The average Bonchev–Trinajstić information content (AvgIpc) is 3.32. The summed E-state index contributed by atoms with van der Waals surface area (Å²) in [4.78, 5) is 30.9. The molecule has 0 unspecified atom stereocenters. The highest BCUT2D eigenvalue weighted by molar-refractivity contribution is 5.99. The summed E-state index contributed by atoms with van der Waals surface area (Å²) in [5.41, 5.74) is 10.7. The lowest BCUT2D eigenvalue weighted by atomic mass is 10.1. The van der Waals surface area contributed by atoms with E-state index in [0.29, 0.717) is 24.3 Å². The van der Waals surface area contributed by atoms with Crippen molar-refractivity contribution >= 4 is 40.3 Å². The number of rotatable bonds is 7. The molecule has 3 aromatic carbocycles. The third kappa shape index (κ3) is 11.3. The predicted octanol–water partition coefficient (Wildman–Crippen LogP) is 3.74. The Labute approximate surface area is 269 Å². The number of aromatic hydroxyl groups is 1. The van der Waals surface area contributed by atoms with Crippen molar-refractivity contribution in [3.05, 3.63) is 95.2 Å². The molecule has 0 bridgehead atoms. The number of halogens is 6. The van der Waals surface area contributed by atoms with Gasteiger partial charge in [0.15, 0.2) is 0 Å². The summed E-state index contributed by atoms with van der Waals surface area (Å²) in [6, 6.07) is 22.5. The Bertz CT molecular complexity index is 1750. The number of aliphatic carboxylic acids is 2. The standard InChI is InChI=1S/C27H29N5O2.2C2HF3O2/c1-32(2,3)22-9-7-18(8-10-22)16-30-27(34)25-15-21-14-23(33)11-12-24(21)31(25)17-19-5-4-6-20(13-19)26(28)29;2*3-2(4,5)1(6)7/h4-15H,16-17H2,1-3H3,(H4-,28,29,30,33,34);2*(H,6,7). The number of phenols is 1. The van der Waals surface area contributed by atoms with Crippen molar-refractivity contribution in [1.29, 1.82) is 5.41 Å². The third-order valence-corrected chi connectivity index (χ3v) is 6.33. The number of aromatic nitrogens is 1. The zero-order chi connectivity index (χ0) is 36.6. The van der Waals surface area contributed by atoms with Gasteiger partial charge in [0.25, 0.3) is 5.91 Å². The number of amides is 1. The maximum atomic E-state index is 13.2. The second kappa shape index (κ2) is 15.3. The molecule has 0 saturated heterocycles. The number of amidine groups is 1. The van der Waals surface area contributed by atoms with Crippen molar-refractivity contribution < 1.29 is 56.0 Å². The minimum atomic E-state index is -5.19. The van der Waals surface area contributed by atoms with Gasteiger partial charge < -0.3 is 35.7 Å². The SMILES string of the molecule is C[N+](C)(C)c1ccc(CNC(=O)c2cc3cc(O)ccc3n2Cc2cccc(C(=N)N)c2)cc1.O=C(O)C(F)(F)F.O=C([O-])C(F)(F)F. The molecule has 258 valence electrons. The van der Waals surface area contributed by atoms with Crippen LogP contribution in [0.5, 0.6) is 5.75 Å². The van der Waals surface area contributed by atoms with Crippen molar-refractivity contribution in [3.63, 3.8) is 0 Å². The molecule has 0 spiro atoms. The van der Waals surface area contributed by atoms with Gasteiger partial charge in [0, 0.05) is 29.6 Å². The number of carboxylic acid groups (broad SMARTS) is 2.